The van der Waals surface area contributed by atoms with Crippen LogP contribution in [0.1, 0.15) is 67.6 Å². The van der Waals surface area contributed by atoms with Gasteiger partial charge < -0.3 is 14.8 Å². The molecule has 0 radical (unpaired) electrons. The molecule has 0 spiro atoms. The van der Waals surface area contributed by atoms with Crippen molar-refractivity contribution in [3.63, 3.8) is 0 Å². The van der Waals surface area contributed by atoms with Crippen LogP contribution in [0.3, 0.4) is 0 Å². The molecule has 1 N–H and O–H groups in total. The summed E-state index contributed by atoms with van der Waals surface area (Å²) in [6.07, 6.45) is 8.71. The smallest absolute Gasteiger partial charge is 0.314 e. The zero-order valence-corrected chi connectivity index (χ0v) is 15.6. The second kappa shape index (κ2) is 7.09. The molecular formula is C20H27N5O. The maximum absolute atomic E-state index is 13.0. The van der Waals surface area contributed by atoms with E-state index in [-0.39, 0.29) is 12.1 Å². The number of urea groups is 1. The largest absolute Gasteiger partial charge is 0.322 e. The Balaban J connectivity index is 1.55. The van der Waals surface area contributed by atoms with Gasteiger partial charge in [-0.3, -0.25) is 0 Å². The summed E-state index contributed by atoms with van der Waals surface area (Å²) >= 11 is 0. The van der Waals surface area contributed by atoms with Crippen molar-refractivity contribution < 1.29 is 4.79 Å². The Kier molecular flexibility index (Phi) is 4.66. The highest BCUT2D eigenvalue weighted by atomic mass is 16.2. The van der Waals surface area contributed by atoms with Crippen molar-refractivity contribution in [1.29, 1.82) is 0 Å². The van der Waals surface area contributed by atoms with E-state index in [2.05, 4.69) is 20.1 Å². The first-order valence-electron chi connectivity index (χ1n) is 9.68. The van der Waals surface area contributed by atoms with Crippen molar-refractivity contribution >= 4 is 11.7 Å². The van der Waals surface area contributed by atoms with Crippen molar-refractivity contribution in [1.82, 2.24) is 19.7 Å². The Labute approximate surface area is 154 Å². The highest BCUT2D eigenvalue weighted by Crippen LogP contribution is 2.36. The number of amides is 2. The Morgan fingerprint density at radius 1 is 1.12 bits per heavy atom. The van der Waals surface area contributed by atoms with E-state index in [1.165, 1.54) is 25.7 Å². The number of likely N-dealkylation sites (tertiary alicyclic amines) is 1. The van der Waals surface area contributed by atoms with E-state index in [0.717, 1.165) is 42.0 Å². The number of aryl methyl sites for hydroxylation is 2. The number of carbonyl (C=O) groups excluding carboxylic acids is 1. The van der Waals surface area contributed by atoms with Crippen molar-refractivity contribution in [2.24, 2.45) is 0 Å². The molecule has 1 aromatic carbocycles. The van der Waals surface area contributed by atoms with Crippen LogP contribution in [0, 0.1) is 13.8 Å². The lowest BCUT2D eigenvalue weighted by Crippen LogP contribution is -2.36. The van der Waals surface area contributed by atoms with Gasteiger partial charge in [-0.15, -0.1) is 10.2 Å². The molecule has 1 unspecified atom stereocenters. The second-order valence-corrected chi connectivity index (χ2v) is 7.58. The number of anilines is 1. The minimum atomic E-state index is -0.0362. The lowest BCUT2D eigenvalue weighted by atomic mass is 10.1. The number of benzene rings is 1. The van der Waals surface area contributed by atoms with Gasteiger partial charge in [0, 0.05) is 18.3 Å². The normalized spacial score (nSPS) is 20.7. The number of para-hydroxylation sites is 1. The lowest BCUT2D eigenvalue weighted by Gasteiger charge is -2.26. The summed E-state index contributed by atoms with van der Waals surface area (Å²) < 4.78 is 2.22. The molecule has 2 fully saturated rings. The molecule has 0 bridgehead atoms. The molecule has 2 aliphatic rings. The summed E-state index contributed by atoms with van der Waals surface area (Å²) in [6.45, 7) is 4.82. The highest BCUT2D eigenvalue weighted by molar-refractivity contribution is 5.91. The van der Waals surface area contributed by atoms with E-state index in [9.17, 15) is 4.79 Å². The number of nitrogens with one attached hydrogen (secondary N) is 1. The van der Waals surface area contributed by atoms with Crippen LogP contribution < -0.4 is 5.32 Å². The SMILES string of the molecule is Cc1cccc(C)c1NC(=O)N1CCCC1c1nncn1C1CCCC1. The zero-order chi connectivity index (χ0) is 18.1. The molecule has 1 saturated carbocycles. The summed E-state index contributed by atoms with van der Waals surface area (Å²) in [6, 6.07) is 6.54. The van der Waals surface area contributed by atoms with E-state index in [1.807, 2.05) is 43.3 Å². The van der Waals surface area contributed by atoms with Crippen LogP contribution in [0.15, 0.2) is 24.5 Å². The predicted molar refractivity (Wildman–Crippen MR) is 101 cm³/mol. The van der Waals surface area contributed by atoms with Gasteiger partial charge in [-0.2, -0.15) is 0 Å². The fourth-order valence-electron chi connectivity index (χ4n) is 4.42. The number of nitrogens with zero attached hydrogens (tertiary/aromatic N) is 4. The summed E-state index contributed by atoms with van der Waals surface area (Å²) in [5.41, 5.74) is 3.09. The summed E-state index contributed by atoms with van der Waals surface area (Å²) in [7, 11) is 0. The number of aromatic nitrogens is 3. The predicted octanol–water partition coefficient (Wildman–Crippen LogP) is 4.38. The van der Waals surface area contributed by atoms with Crippen LogP contribution in [-0.4, -0.2) is 32.2 Å². The van der Waals surface area contributed by atoms with Gasteiger partial charge in [0.1, 0.15) is 6.33 Å². The molecule has 138 valence electrons. The lowest BCUT2D eigenvalue weighted by molar-refractivity contribution is 0.203. The maximum Gasteiger partial charge on any atom is 0.322 e. The Bertz CT molecular complexity index is 773. The Morgan fingerprint density at radius 2 is 1.85 bits per heavy atom. The van der Waals surface area contributed by atoms with Crippen molar-refractivity contribution in [2.45, 2.75) is 64.5 Å². The standard InChI is InChI=1S/C20H27N5O/c1-14-7-5-8-15(2)18(14)22-20(26)24-12-6-11-17(24)19-23-21-13-25(19)16-9-3-4-10-16/h5,7-8,13,16-17H,3-4,6,9-12H2,1-2H3,(H,22,26). The Morgan fingerprint density at radius 3 is 2.58 bits per heavy atom. The maximum atomic E-state index is 13.0. The van der Waals surface area contributed by atoms with Gasteiger partial charge in [0.25, 0.3) is 0 Å². The number of hydrogen-bond donors (Lipinski definition) is 1. The van der Waals surface area contributed by atoms with Crippen LogP contribution in [0.4, 0.5) is 10.5 Å². The van der Waals surface area contributed by atoms with E-state index in [1.54, 1.807) is 0 Å². The fourth-order valence-corrected chi connectivity index (χ4v) is 4.42. The molecule has 1 aliphatic heterocycles. The van der Waals surface area contributed by atoms with Gasteiger partial charge in [-0.1, -0.05) is 31.0 Å². The molecule has 6 heteroatoms. The van der Waals surface area contributed by atoms with Gasteiger partial charge in [0.2, 0.25) is 0 Å². The van der Waals surface area contributed by atoms with Gasteiger partial charge in [0.05, 0.1) is 6.04 Å². The summed E-state index contributed by atoms with van der Waals surface area (Å²) in [4.78, 5) is 14.9. The van der Waals surface area contributed by atoms with Gasteiger partial charge in [-0.05, 0) is 50.7 Å². The van der Waals surface area contributed by atoms with Crippen molar-refractivity contribution in [2.75, 3.05) is 11.9 Å². The van der Waals surface area contributed by atoms with Crippen molar-refractivity contribution in [3.8, 4) is 0 Å². The molecule has 6 nitrogen and oxygen atoms in total. The van der Waals surface area contributed by atoms with Gasteiger partial charge >= 0.3 is 6.03 Å². The van der Waals surface area contributed by atoms with Crippen LogP contribution in [0.25, 0.3) is 0 Å². The quantitative estimate of drug-likeness (QED) is 0.891. The molecule has 2 aromatic rings. The van der Waals surface area contributed by atoms with E-state index < -0.39 is 0 Å². The van der Waals surface area contributed by atoms with E-state index in [4.69, 9.17) is 0 Å². The first-order chi connectivity index (χ1) is 12.6. The molecule has 1 saturated heterocycles. The monoisotopic (exact) mass is 353 g/mol. The number of carbonyl (C=O) groups is 1. The topological polar surface area (TPSA) is 63.1 Å². The average Bonchev–Trinajstić information content (AvgIpc) is 3.38. The molecular weight excluding hydrogens is 326 g/mol. The highest BCUT2D eigenvalue weighted by Gasteiger charge is 2.35. The molecule has 26 heavy (non-hydrogen) atoms. The Hall–Kier alpha value is -2.37. The van der Waals surface area contributed by atoms with Crippen molar-refractivity contribution in [3.05, 3.63) is 41.5 Å². The average molecular weight is 353 g/mol. The molecule has 2 heterocycles. The van der Waals surface area contributed by atoms with Gasteiger partial charge in [-0.25, -0.2) is 4.79 Å². The minimum Gasteiger partial charge on any atom is -0.314 e. The number of rotatable bonds is 3. The van der Waals surface area contributed by atoms with Crippen LogP contribution in [0.5, 0.6) is 0 Å². The summed E-state index contributed by atoms with van der Waals surface area (Å²) in [5, 5.41) is 11.7. The molecule has 2 amide bonds. The second-order valence-electron chi connectivity index (χ2n) is 7.58. The first-order valence-corrected chi connectivity index (χ1v) is 9.68. The minimum absolute atomic E-state index is 0.0161. The molecule has 4 rings (SSSR count). The molecule has 1 aliphatic carbocycles. The first kappa shape index (κ1) is 17.1. The van der Waals surface area contributed by atoms with Gasteiger partial charge in [0.15, 0.2) is 5.82 Å². The third-order valence-corrected chi connectivity index (χ3v) is 5.84. The number of hydrogen-bond acceptors (Lipinski definition) is 3. The van der Waals surface area contributed by atoms with E-state index >= 15 is 0 Å². The van der Waals surface area contributed by atoms with Crippen LogP contribution in [0.2, 0.25) is 0 Å². The fraction of sp³-hybridized carbons (Fsp3) is 0.550. The van der Waals surface area contributed by atoms with E-state index in [0.29, 0.717) is 6.04 Å². The van der Waals surface area contributed by atoms with Crippen LogP contribution in [-0.2, 0) is 0 Å². The van der Waals surface area contributed by atoms with Crippen LogP contribution >= 0.6 is 0 Å². The summed E-state index contributed by atoms with van der Waals surface area (Å²) in [5.74, 6) is 0.950. The molecule has 1 atom stereocenters. The zero-order valence-electron chi connectivity index (χ0n) is 15.6. The third kappa shape index (κ3) is 3.08. The molecule has 1 aromatic heterocycles. The third-order valence-electron chi connectivity index (χ3n) is 5.84.